The van der Waals surface area contributed by atoms with Crippen LogP contribution >= 0.6 is 22.9 Å². The second-order valence-electron chi connectivity index (χ2n) is 3.18. The first-order valence-electron chi connectivity index (χ1n) is 4.27. The van der Waals surface area contributed by atoms with Crippen LogP contribution in [0.1, 0.15) is 4.88 Å². The van der Waals surface area contributed by atoms with Gasteiger partial charge in [-0.1, -0.05) is 17.7 Å². The number of anilines is 1. The lowest BCUT2D eigenvalue weighted by Crippen LogP contribution is -1.85. The van der Waals surface area contributed by atoms with Crippen LogP contribution in [0.4, 0.5) is 5.69 Å². The van der Waals surface area contributed by atoms with E-state index in [9.17, 15) is 0 Å². The van der Waals surface area contributed by atoms with Crippen molar-refractivity contribution in [3.8, 4) is 11.1 Å². The van der Waals surface area contributed by atoms with Gasteiger partial charge < -0.3 is 5.73 Å². The lowest BCUT2D eigenvalue weighted by molar-refractivity contribution is 1.61. The van der Waals surface area contributed by atoms with E-state index in [1.165, 1.54) is 10.4 Å². The minimum Gasteiger partial charge on any atom is -0.398 e. The Hall–Kier alpha value is -0.990. The van der Waals surface area contributed by atoms with E-state index in [0.29, 0.717) is 10.7 Å². The van der Waals surface area contributed by atoms with E-state index in [0.717, 1.165) is 5.56 Å². The van der Waals surface area contributed by atoms with Crippen molar-refractivity contribution in [2.24, 2.45) is 0 Å². The molecule has 0 aliphatic heterocycles. The summed E-state index contributed by atoms with van der Waals surface area (Å²) in [4.78, 5) is 1.30. The van der Waals surface area contributed by atoms with E-state index in [4.69, 9.17) is 17.3 Å². The molecule has 72 valence electrons. The standard InChI is InChI=1S/C11H10ClNS/c1-7-4-9(6-14-7)8-2-3-11(13)10(12)5-8/h2-6H,13H2,1H3. The molecule has 3 heteroatoms. The highest BCUT2D eigenvalue weighted by Crippen LogP contribution is 2.29. The Labute approximate surface area is 92.1 Å². The predicted octanol–water partition coefficient (Wildman–Crippen LogP) is 3.96. The van der Waals surface area contributed by atoms with Crippen LogP contribution in [0, 0.1) is 6.92 Å². The van der Waals surface area contributed by atoms with Crippen LogP contribution in [-0.2, 0) is 0 Å². The van der Waals surface area contributed by atoms with Crippen molar-refractivity contribution < 1.29 is 0 Å². The first kappa shape index (κ1) is 9.56. The Balaban J connectivity index is 2.47. The zero-order valence-corrected chi connectivity index (χ0v) is 9.32. The van der Waals surface area contributed by atoms with Crippen LogP contribution in [0.25, 0.3) is 11.1 Å². The first-order chi connectivity index (χ1) is 6.66. The number of rotatable bonds is 1. The number of benzene rings is 1. The molecule has 0 amide bonds. The lowest BCUT2D eigenvalue weighted by Gasteiger charge is -2.01. The third-order valence-electron chi connectivity index (χ3n) is 2.06. The van der Waals surface area contributed by atoms with Crippen LogP contribution in [0.3, 0.4) is 0 Å². The largest absolute Gasteiger partial charge is 0.398 e. The molecule has 0 aliphatic rings. The molecule has 0 fully saturated rings. The molecule has 1 nitrogen and oxygen atoms in total. The molecule has 1 aromatic carbocycles. The maximum Gasteiger partial charge on any atom is 0.0641 e. The SMILES string of the molecule is Cc1cc(-c2ccc(N)c(Cl)c2)cs1. The summed E-state index contributed by atoms with van der Waals surface area (Å²) >= 11 is 7.68. The molecule has 2 rings (SSSR count). The number of thiophene rings is 1. The van der Waals surface area contributed by atoms with E-state index in [1.54, 1.807) is 11.3 Å². The Kier molecular flexibility index (Phi) is 2.48. The summed E-state index contributed by atoms with van der Waals surface area (Å²) in [5.41, 5.74) is 8.59. The van der Waals surface area contributed by atoms with Gasteiger partial charge in [0.05, 0.1) is 10.7 Å². The number of hydrogen-bond donors (Lipinski definition) is 1. The van der Waals surface area contributed by atoms with Gasteiger partial charge in [-0.3, -0.25) is 0 Å². The average molecular weight is 224 g/mol. The molecule has 0 spiro atoms. The van der Waals surface area contributed by atoms with Crippen molar-refractivity contribution in [2.45, 2.75) is 6.92 Å². The summed E-state index contributed by atoms with van der Waals surface area (Å²) in [6.45, 7) is 2.09. The zero-order valence-electron chi connectivity index (χ0n) is 7.75. The van der Waals surface area contributed by atoms with Gasteiger partial charge in [-0.15, -0.1) is 11.3 Å². The highest BCUT2D eigenvalue weighted by atomic mass is 35.5. The van der Waals surface area contributed by atoms with Crippen molar-refractivity contribution in [3.63, 3.8) is 0 Å². The number of aryl methyl sites for hydroxylation is 1. The Morgan fingerprint density at radius 3 is 2.57 bits per heavy atom. The fraction of sp³-hybridized carbons (Fsp3) is 0.0909. The maximum atomic E-state index is 5.95. The molecule has 2 N–H and O–H groups in total. The van der Waals surface area contributed by atoms with E-state index >= 15 is 0 Å². The van der Waals surface area contributed by atoms with Gasteiger partial charge in [-0.2, -0.15) is 0 Å². The lowest BCUT2D eigenvalue weighted by atomic mass is 10.1. The van der Waals surface area contributed by atoms with Crippen LogP contribution < -0.4 is 5.73 Å². The predicted molar refractivity (Wildman–Crippen MR) is 63.9 cm³/mol. The molecule has 0 bridgehead atoms. The minimum absolute atomic E-state index is 0.617. The monoisotopic (exact) mass is 223 g/mol. The van der Waals surface area contributed by atoms with Crippen molar-refractivity contribution in [2.75, 3.05) is 5.73 Å². The number of hydrogen-bond acceptors (Lipinski definition) is 2. The van der Waals surface area contributed by atoms with Crippen LogP contribution in [0.15, 0.2) is 29.6 Å². The summed E-state index contributed by atoms with van der Waals surface area (Å²) in [6.07, 6.45) is 0. The highest BCUT2D eigenvalue weighted by molar-refractivity contribution is 7.10. The quantitative estimate of drug-likeness (QED) is 0.728. The third-order valence-corrected chi connectivity index (χ3v) is 3.25. The summed E-state index contributed by atoms with van der Waals surface area (Å²) < 4.78 is 0. The molecule has 0 aliphatic carbocycles. The summed E-state index contributed by atoms with van der Waals surface area (Å²) in [6, 6.07) is 7.87. The van der Waals surface area contributed by atoms with Crippen molar-refractivity contribution in [1.82, 2.24) is 0 Å². The molecule has 1 heterocycles. The van der Waals surface area contributed by atoms with Gasteiger partial charge >= 0.3 is 0 Å². The van der Waals surface area contributed by atoms with E-state index in [-0.39, 0.29) is 0 Å². The highest BCUT2D eigenvalue weighted by Gasteiger charge is 2.02. The van der Waals surface area contributed by atoms with Gasteiger partial charge in [-0.05, 0) is 41.6 Å². The molecule has 0 radical (unpaired) electrons. The minimum atomic E-state index is 0.617. The summed E-state index contributed by atoms with van der Waals surface area (Å²) in [7, 11) is 0. The smallest absolute Gasteiger partial charge is 0.0641 e. The van der Waals surface area contributed by atoms with Crippen molar-refractivity contribution in [3.05, 3.63) is 39.5 Å². The molecular weight excluding hydrogens is 214 g/mol. The molecule has 1 aromatic heterocycles. The molecule has 0 saturated carbocycles. The number of nitrogen functional groups attached to an aromatic ring is 1. The van der Waals surface area contributed by atoms with Gasteiger partial charge in [0.2, 0.25) is 0 Å². The van der Waals surface area contributed by atoms with E-state index in [1.807, 2.05) is 18.2 Å². The topological polar surface area (TPSA) is 26.0 Å². The maximum absolute atomic E-state index is 5.95. The fourth-order valence-corrected chi connectivity index (χ4v) is 2.19. The normalized spacial score (nSPS) is 10.4. The molecule has 14 heavy (non-hydrogen) atoms. The molecule has 2 aromatic rings. The van der Waals surface area contributed by atoms with Crippen molar-refractivity contribution >= 4 is 28.6 Å². The van der Waals surface area contributed by atoms with Gasteiger partial charge in [0.1, 0.15) is 0 Å². The Bertz CT molecular complexity index is 462. The van der Waals surface area contributed by atoms with Gasteiger partial charge in [-0.25, -0.2) is 0 Å². The number of nitrogens with two attached hydrogens (primary N) is 1. The molecular formula is C11H10ClNS. The fourth-order valence-electron chi connectivity index (χ4n) is 1.30. The van der Waals surface area contributed by atoms with Crippen molar-refractivity contribution in [1.29, 1.82) is 0 Å². The molecule has 0 unspecified atom stereocenters. The second-order valence-corrected chi connectivity index (χ2v) is 4.70. The first-order valence-corrected chi connectivity index (χ1v) is 5.53. The third kappa shape index (κ3) is 1.76. The van der Waals surface area contributed by atoms with Crippen LogP contribution in [0.2, 0.25) is 5.02 Å². The van der Waals surface area contributed by atoms with E-state index in [2.05, 4.69) is 18.4 Å². The Morgan fingerprint density at radius 1 is 1.21 bits per heavy atom. The molecule has 0 atom stereocenters. The zero-order chi connectivity index (χ0) is 10.1. The summed E-state index contributed by atoms with van der Waals surface area (Å²) in [5, 5.41) is 2.74. The summed E-state index contributed by atoms with van der Waals surface area (Å²) in [5.74, 6) is 0. The van der Waals surface area contributed by atoms with E-state index < -0.39 is 0 Å². The Morgan fingerprint density at radius 2 is 2.00 bits per heavy atom. The van der Waals surface area contributed by atoms with Gasteiger partial charge in [0.15, 0.2) is 0 Å². The second kappa shape index (κ2) is 3.64. The number of halogens is 1. The van der Waals surface area contributed by atoms with Gasteiger partial charge in [0.25, 0.3) is 0 Å². The van der Waals surface area contributed by atoms with Gasteiger partial charge in [0, 0.05) is 4.88 Å². The average Bonchev–Trinajstić information content (AvgIpc) is 2.57. The van der Waals surface area contributed by atoms with Crippen LogP contribution in [-0.4, -0.2) is 0 Å². The molecule has 0 saturated heterocycles. The van der Waals surface area contributed by atoms with Crippen LogP contribution in [0.5, 0.6) is 0 Å².